The summed E-state index contributed by atoms with van der Waals surface area (Å²) in [6.07, 6.45) is 5.85. The topological polar surface area (TPSA) is 78.0 Å². The number of carbonyl (C=O) groups is 1. The average molecular weight is 370 g/mol. The molecule has 2 N–H and O–H groups in total. The number of amides is 1. The zero-order valence-corrected chi connectivity index (χ0v) is 15.5. The lowest BCUT2D eigenvalue weighted by molar-refractivity contribution is 0.0998. The van der Waals surface area contributed by atoms with Crippen molar-refractivity contribution >= 4 is 23.1 Å². The highest BCUT2D eigenvalue weighted by Gasteiger charge is 2.15. The maximum absolute atomic E-state index is 12.6. The van der Waals surface area contributed by atoms with Crippen molar-refractivity contribution in [3.05, 3.63) is 87.3 Å². The van der Waals surface area contributed by atoms with Gasteiger partial charge in [-0.2, -0.15) is 9.78 Å². The first-order chi connectivity index (χ1) is 12.4. The molecule has 0 unspecified atom stereocenters. The van der Waals surface area contributed by atoms with Gasteiger partial charge < -0.3 is 5.73 Å². The fraction of sp³-hybridized carbons (Fsp3) is 0.150. The average Bonchev–Trinajstić information content (AvgIpc) is 2.65. The van der Waals surface area contributed by atoms with Gasteiger partial charge in [-0.05, 0) is 48.8 Å². The number of benzene rings is 1. The molecule has 1 aromatic heterocycles. The quantitative estimate of drug-likeness (QED) is 0.790. The number of aryl methyl sites for hydroxylation is 1. The molecule has 0 spiro atoms. The van der Waals surface area contributed by atoms with Crippen molar-refractivity contribution in [1.29, 1.82) is 0 Å². The SMILES string of the molecule is C=C(/C=C\C(Cl)=C/C)c1cc(C(N)=O)c(=O)n(-c2cccc(CC)c2)n1. The molecule has 0 fully saturated rings. The minimum Gasteiger partial charge on any atom is -0.365 e. The fourth-order valence-electron chi connectivity index (χ4n) is 2.27. The fourth-order valence-corrected chi connectivity index (χ4v) is 2.34. The molecule has 0 saturated carbocycles. The lowest BCUT2D eigenvalue weighted by atomic mass is 10.1. The summed E-state index contributed by atoms with van der Waals surface area (Å²) in [6.45, 7) is 7.74. The van der Waals surface area contributed by atoms with Crippen LogP contribution in [0.5, 0.6) is 0 Å². The molecule has 26 heavy (non-hydrogen) atoms. The van der Waals surface area contributed by atoms with E-state index in [1.54, 1.807) is 31.2 Å². The molecule has 2 rings (SSSR count). The van der Waals surface area contributed by atoms with E-state index in [2.05, 4.69) is 11.7 Å². The van der Waals surface area contributed by atoms with E-state index in [4.69, 9.17) is 17.3 Å². The van der Waals surface area contributed by atoms with E-state index >= 15 is 0 Å². The summed E-state index contributed by atoms with van der Waals surface area (Å²) in [7, 11) is 0. The maximum Gasteiger partial charge on any atom is 0.284 e. The predicted molar refractivity (Wildman–Crippen MR) is 106 cm³/mol. The summed E-state index contributed by atoms with van der Waals surface area (Å²) in [5, 5.41) is 4.88. The van der Waals surface area contributed by atoms with Crippen LogP contribution >= 0.6 is 11.6 Å². The zero-order valence-electron chi connectivity index (χ0n) is 14.7. The highest BCUT2D eigenvalue weighted by atomic mass is 35.5. The summed E-state index contributed by atoms with van der Waals surface area (Å²) in [6, 6.07) is 8.73. The summed E-state index contributed by atoms with van der Waals surface area (Å²) >= 11 is 5.95. The van der Waals surface area contributed by atoms with E-state index in [0.717, 1.165) is 12.0 Å². The van der Waals surface area contributed by atoms with Gasteiger partial charge in [0.25, 0.3) is 11.5 Å². The van der Waals surface area contributed by atoms with Crippen molar-refractivity contribution in [2.45, 2.75) is 20.3 Å². The van der Waals surface area contributed by atoms with Gasteiger partial charge in [-0.25, -0.2) is 0 Å². The molecule has 0 radical (unpaired) electrons. The first kappa shape index (κ1) is 19.4. The summed E-state index contributed by atoms with van der Waals surface area (Å²) in [5.41, 5.74) is 7.10. The predicted octanol–water partition coefficient (Wildman–Crippen LogP) is 3.61. The Hall–Kier alpha value is -2.92. The number of nitrogens with zero attached hydrogens (tertiary/aromatic N) is 2. The van der Waals surface area contributed by atoms with Gasteiger partial charge in [0, 0.05) is 5.03 Å². The van der Waals surface area contributed by atoms with E-state index in [1.165, 1.54) is 10.7 Å². The molecule has 0 aliphatic rings. The van der Waals surface area contributed by atoms with E-state index in [9.17, 15) is 9.59 Å². The number of carbonyl (C=O) groups excluding carboxylic acids is 1. The number of aromatic nitrogens is 2. The zero-order chi connectivity index (χ0) is 19.3. The molecule has 5 nitrogen and oxygen atoms in total. The van der Waals surface area contributed by atoms with Crippen LogP contribution in [-0.2, 0) is 6.42 Å². The Balaban J connectivity index is 2.63. The molecule has 1 amide bonds. The van der Waals surface area contributed by atoms with Crippen molar-refractivity contribution in [2.24, 2.45) is 5.73 Å². The molecular weight excluding hydrogens is 350 g/mol. The van der Waals surface area contributed by atoms with E-state index in [-0.39, 0.29) is 5.56 Å². The normalized spacial score (nSPS) is 11.7. The van der Waals surface area contributed by atoms with Gasteiger partial charge in [0.2, 0.25) is 0 Å². The van der Waals surface area contributed by atoms with Gasteiger partial charge in [0.05, 0.1) is 11.4 Å². The number of halogens is 1. The number of hydrogen-bond acceptors (Lipinski definition) is 3. The maximum atomic E-state index is 12.6. The van der Waals surface area contributed by atoms with Gasteiger partial charge in [0.15, 0.2) is 0 Å². The standard InChI is InChI=1S/C20H20ClN3O2/c1-4-14-7-6-8-16(11-14)24-20(26)17(19(22)25)12-18(23-24)13(3)9-10-15(21)5-2/h5-12H,3-4H2,1-2H3,(H2,22,25)/b10-9-,15-5+. The molecule has 0 aliphatic carbocycles. The minimum atomic E-state index is -0.817. The van der Waals surface area contributed by atoms with Crippen LogP contribution in [0.25, 0.3) is 11.3 Å². The van der Waals surface area contributed by atoms with Crippen LogP contribution in [0, 0.1) is 0 Å². The lowest BCUT2D eigenvalue weighted by Crippen LogP contribution is -2.31. The molecule has 2 aromatic rings. The van der Waals surface area contributed by atoms with Gasteiger partial charge in [-0.15, -0.1) is 0 Å². The number of hydrogen-bond donors (Lipinski definition) is 1. The third-order valence-corrected chi connectivity index (χ3v) is 4.13. The second-order valence-electron chi connectivity index (χ2n) is 5.58. The lowest BCUT2D eigenvalue weighted by Gasteiger charge is -2.10. The second kappa shape index (κ2) is 8.45. The van der Waals surface area contributed by atoms with Crippen LogP contribution in [0.4, 0.5) is 0 Å². The Kier molecular flexibility index (Phi) is 6.31. The Bertz CT molecular complexity index is 971. The van der Waals surface area contributed by atoms with Gasteiger partial charge in [0.1, 0.15) is 5.56 Å². The molecule has 1 heterocycles. The van der Waals surface area contributed by atoms with E-state index < -0.39 is 11.5 Å². The molecule has 0 saturated heterocycles. The van der Waals surface area contributed by atoms with Crippen LogP contribution in [0.1, 0.15) is 35.5 Å². The Morgan fingerprint density at radius 1 is 1.35 bits per heavy atom. The van der Waals surface area contributed by atoms with E-state index in [1.807, 2.05) is 25.1 Å². The van der Waals surface area contributed by atoms with Crippen LogP contribution in [0.15, 0.2) is 65.0 Å². The third-order valence-electron chi connectivity index (χ3n) is 3.79. The number of allylic oxidation sites excluding steroid dienone is 5. The molecule has 1 aromatic carbocycles. The molecule has 6 heteroatoms. The monoisotopic (exact) mass is 369 g/mol. The minimum absolute atomic E-state index is 0.149. The Morgan fingerprint density at radius 2 is 2.08 bits per heavy atom. The van der Waals surface area contributed by atoms with Crippen molar-refractivity contribution < 1.29 is 4.79 Å². The van der Waals surface area contributed by atoms with Gasteiger partial charge in [-0.1, -0.05) is 49.4 Å². The highest BCUT2D eigenvalue weighted by Crippen LogP contribution is 2.16. The third kappa shape index (κ3) is 4.37. The first-order valence-corrected chi connectivity index (χ1v) is 8.47. The summed E-state index contributed by atoms with van der Waals surface area (Å²) in [4.78, 5) is 24.3. The summed E-state index contributed by atoms with van der Waals surface area (Å²) < 4.78 is 1.17. The largest absolute Gasteiger partial charge is 0.365 e. The molecule has 0 aliphatic heterocycles. The Labute approximate surface area is 157 Å². The van der Waals surface area contributed by atoms with E-state index in [0.29, 0.717) is 22.0 Å². The van der Waals surface area contributed by atoms with Gasteiger partial charge >= 0.3 is 0 Å². The van der Waals surface area contributed by atoms with Crippen LogP contribution in [-0.4, -0.2) is 15.7 Å². The smallest absolute Gasteiger partial charge is 0.284 e. The second-order valence-corrected chi connectivity index (χ2v) is 6.02. The van der Waals surface area contributed by atoms with Gasteiger partial charge in [-0.3, -0.25) is 9.59 Å². The highest BCUT2D eigenvalue weighted by molar-refractivity contribution is 6.31. The number of rotatable bonds is 6. The van der Waals surface area contributed by atoms with Crippen molar-refractivity contribution in [3.63, 3.8) is 0 Å². The summed E-state index contributed by atoms with van der Waals surface area (Å²) in [5.74, 6) is -0.817. The van der Waals surface area contributed by atoms with Crippen LogP contribution < -0.4 is 11.3 Å². The molecular formula is C20H20ClN3O2. The Morgan fingerprint density at radius 3 is 2.69 bits per heavy atom. The first-order valence-electron chi connectivity index (χ1n) is 8.10. The molecule has 134 valence electrons. The number of nitrogens with two attached hydrogens (primary N) is 1. The van der Waals surface area contributed by atoms with Crippen molar-refractivity contribution in [3.8, 4) is 5.69 Å². The van der Waals surface area contributed by atoms with Crippen molar-refractivity contribution in [1.82, 2.24) is 9.78 Å². The van der Waals surface area contributed by atoms with Crippen molar-refractivity contribution in [2.75, 3.05) is 0 Å². The van der Waals surface area contributed by atoms with Crippen LogP contribution in [0.2, 0.25) is 0 Å². The van der Waals surface area contributed by atoms with Crippen LogP contribution in [0.3, 0.4) is 0 Å². The molecule has 0 bridgehead atoms. The molecule has 0 atom stereocenters. The number of primary amides is 1.